The Balaban J connectivity index is 2.43. The van der Waals surface area contributed by atoms with Crippen molar-refractivity contribution in [3.8, 4) is 23.0 Å². The summed E-state index contributed by atoms with van der Waals surface area (Å²) in [6.45, 7) is 0. The van der Waals surface area contributed by atoms with Gasteiger partial charge in [-0.3, -0.25) is 10.1 Å². The molecule has 0 unspecified atom stereocenters. The van der Waals surface area contributed by atoms with Crippen molar-refractivity contribution in [1.29, 1.82) is 0 Å². The fraction of sp³-hybridized carbons (Fsp3) is 0.143. The predicted molar refractivity (Wildman–Crippen MR) is 72.7 cm³/mol. The zero-order chi connectivity index (χ0) is 15.4. The Labute approximate surface area is 119 Å². The molecule has 0 aliphatic rings. The molecular formula is C14H12FNO5. The van der Waals surface area contributed by atoms with Crippen molar-refractivity contribution in [2.75, 3.05) is 14.2 Å². The fourth-order valence-corrected chi connectivity index (χ4v) is 1.72. The molecule has 0 spiro atoms. The van der Waals surface area contributed by atoms with Crippen molar-refractivity contribution in [3.63, 3.8) is 0 Å². The topological polar surface area (TPSA) is 70.8 Å². The number of hydrogen-bond acceptors (Lipinski definition) is 5. The average Bonchev–Trinajstić information content (AvgIpc) is 2.46. The van der Waals surface area contributed by atoms with E-state index in [1.54, 1.807) is 6.07 Å². The van der Waals surface area contributed by atoms with Crippen LogP contribution in [0.3, 0.4) is 0 Å². The summed E-state index contributed by atoms with van der Waals surface area (Å²) in [7, 11) is 2.92. The van der Waals surface area contributed by atoms with E-state index in [4.69, 9.17) is 14.2 Å². The van der Waals surface area contributed by atoms with Crippen LogP contribution >= 0.6 is 0 Å². The molecule has 0 bridgehead atoms. The largest absolute Gasteiger partial charge is 0.496 e. The van der Waals surface area contributed by atoms with Gasteiger partial charge in [0, 0.05) is 18.2 Å². The number of nitrogens with zero attached hydrogens (tertiary/aromatic N) is 1. The van der Waals surface area contributed by atoms with Crippen LogP contribution in [-0.4, -0.2) is 19.1 Å². The molecule has 0 N–H and O–H groups in total. The van der Waals surface area contributed by atoms with Crippen LogP contribution in [0.15, 0.2) is 36.4 Å². The summed E-state index contributed by atoms with van der Waals surface area (Å²) in [5, 5.41) is 10.9. The highest BCUT2D eigenvalue weighted by Crippen LogP contribution is 2.36. The summed E-state index contributed by atoms with van der Waals surface area (Å²) in [5.41, 5.74) is -0.723. The Bertz CT molecular complexity index is 652. The molecule has 0 amide bonds. The van der Waals surface area contributed by atoms with Gasteiger partial charge < -0.3 is 14.2 Å². The third kappa shape index (κ3) is 3.19. The Kier molecular flexibility index (Phi) is 4.22. The van der Waals surface area contributed by atoms with E-state index in [9.17, 15) is 14.5 Å². The molecule has 0 atom stereocenters. The van der Waals surface area contributed by atoms with Gasteiger partial charge in [0.15, 0.2) is 0 Å². The van der Waals surface area contributed by atoms with E-state index in [2.05, 4.69) is 0 Å². The standard InChI is InChI=1S/C14H12FNO5/c1-19-9-6-10(20-2)8-11(7-9)21-13-5-3-4-12(15)14(13)16(17)18/h3-8H,1-2H3. The number of hydrogen-bond donors (Lipinski definition) is 0. The summed E-state index contributed by atoms with van der Waals surface area (Å²) >= 11 is 0. The molecule has 0 saturated heterocycles. The molecule has 21 heavy (non-hydrogen) atoms. The number of methoxy groups -OCH3 is 2. The number of rotatable bonds is 5. The van der Waals surface area contributed by atoms with Crippen LogP contribution < -0.4 is 14.2 Å². The predicted octanol–water partition coefficient (Wildman–Crippen LogP) is 3.54. The molecule has 6 nitrogen and oxygen atoms in total. The molecule has 0 saturated carbocycles. The van der Waals surface area contributed by atoms with Gasteiger partial charge in [-0.05, 0) is 12.1 Å². The van der Waals surface area contributed by atoms with Crippen LogP contribution in [0.25, 0.3) is 0 Å². The smallest absolute Gasteiger partial charge is 0.346 e. The van der Waals surface area contributed by atoms with Crippen molar-refractivity contribution >= 4 is 5.69 Å². The lowest BCUT2D eigenvalue weighted by atomic mass is 10.2. The lowest BCUT2D eigenvalue weighted by molar-refractivity contribution is -0.388. The third-order valence-corrected chi connectivity index (χ3v) is 2.69. The highest BCUT2D eigenvalue weighted by atomic mass is 19.1. The first-order valence-corrected chi connectivity index (χ1v) is 5.89. The second-order valence-electron chi connectivity index (χ2n) is 3.99. The Morgan fingerprint density at radius 2 is 1.62 bits per heavy atom. The molecule has 7 heteroatoms. The van der Waals surface area contributed by atoms with Gasteiger partial charge in [-0.1, -0.05) is 6.07 Å². The summed E-state index contributed by atoms with van der Waals surface area (Å²) in [6.07, 6.45) is 0. The molecule has 0 heterocycles. The number of ether oxygens (including phenoxy) is 3. The Hall–Kier alpha value is -2.83. The Morgan fingerprint density at radius 1 is 1.05 bits per heavy atom. The number of halogens is 1. The van der Waals surface area contributed by atoms with Crippen molar-refractivity contribution in [2.45, 2.75) is 0 Å². The third-order valence-electron chi connectivity index (χ3n) is 2.69. The van der Waals surface area contributed by atoms with Crippen molar-refractivity contribution in [2.24, 2.45) is 0 Å². The van der Waals surface area contributed by atoms with Gasteiger partial charge in [0.25, 0.3) is 0 Å². The van der Waals surface area contributed by atoms with Gasteiger partial charge in [-0.2, -0.15) is 4.39 Å². The van der Waals surface area contributed by atoms with Crippen molar-refractivity contribution in [3.05, 3.63) is 52.3 Å². The zero-order valence-electron chi connectivity index (χ0n) is 11.3. The molecule has 2 aromatic rings. The monoisotopic (exact) mass is 293 g/mol. The normalized spacial score (nSPS) is 10.0. The summed E-state index contributed by atoms with van der Waals surface area (Å²) in [5.74, 6) is -0.0330. The quantitative estimate of drug-likeness (QED) is 0.623. The number of benzene rings is 2. The molecular weight excluding hydrogens is 281 g/mol. The van der Waals surface area contributed by atoms with Gasteiger partial charge in [-0.25, -0.2) is 0 Å². The molecule has 0 fully saturated rings. The fourth-order valence-electron chi connectivity index (χ4n) is 1.72. The van der Waals surface area contributed by atoms with Gasteiger partial charge in [0.05, 0.1) is 19.1 Å². The summed E-state index contributed by atoms with van der Waals surface area (Å²) in [6, 6.07) is 8.28. The first kappa shape index (κ1) is 14.6. The van der Waals surface area contributed by atoms with Crippen LogP contribution in [0.2, 0.25) is 0 Å². The first-order chi connectivity index (χ1) is 10.0. The summed E-state index contributed by atoms with van der Waals surface area (Å²) in [4.78, 5) is 10.1. The Morgan fingerprint density at radius 3 is 2.14 bits per heavy atom. The van der Waals surface area contributed by atoms with Crippen LogP contribution in [-0.2, 0) is 0 Å². The molecule has 2 aromatic carbocycles. The van der Waals surface area contributed by atoms with E-state index in [0.29, 0.717) is 11.5 Å². The second kappa shape index (κ2) is 6.08. The minimum atomic E-state index is -0.965. The molecule has 110 valence electrons. The van der Waals surface area contributed by atoms with Crippen LogP contribution in [0.5, 0.6) is 23.0 Å². The minimum absolute atomic E-state index is 0.199. The maximum Gasteiger partial charge on any atom is 0.346 e. The molecule has 0 radical (unpaired) electrons. The van der Waals surface area contributed by atoms with E-state index in [1.807, 2.05) is 0 Å². The van der Waals surface area contributed by atoms with Crippen LogP contribution in [0, 0.1) is 15.9 Å². The minimum Gasteiger partial charge on any atom is -0.496 e. The summed E-state index contributed by atoms with van der Waals surface area (Å²) < 4.78 is 29.1. The first-order valence-electron chi connectivity index (χ1n) is 5.89. The van der Waals surface area contributed by atoms with Gasteiger partial charge in [0.2, 0.25) is 11.6 Å². The van der Waals surface area contributed by atoms with Gasteiger partial charge in [0.1, 0.15) is 17.2 Å². The van der Waals surface area contributed by atoms with Crippen molar-refractivity contribution < 1.29 is 23.5 Å². The number of nitro groups is 1. The lowest BCUT2D eigenvalue weighted by Crippen LogP contribution is -1.97. The van der Waals surface area contributed by atoms with Crippen LogP contribution in [0.1, 0.15) is 0 Å². The van der Waals surface area contributed by atoms with Gasteiger partial charge in [-0.15, -0.1) is 0 Å². The lowest BCUT2D eigenvalue weighted by Gasteiger charge is -2.10. The number of para-hydroxylation sites is 1. The van der Waals surface area contributed by atoms with E-state index in [1.165, 1.54) is 38.5 Å². The second-order valence-corrected chi connectivity index (χ2v) is 3.99. The number of nitro benzene ring substituents is 1. The molecule has 0 aliphatic heterocycles. The van der Waals surface area contributed by atoms with E-state index < -0.39 is 16.4 Å². The molecule has 2 rings (SSSR count). The SMILES string of the molecule is COc1cc(OC)cc(Oc2cccc(F)c2[N+](=O)[O-])c1. The van der Waals surface area contributed by atoms with E-state index >= 15 is 0 Å². The van der Waals surface area contributed by atoms with Crippen molar-refractivity contribution in [1.82, 2.24) is 0 Å². The average molecular weight is 293 g/mol. The molecule has 0 aliphatic carbocycles. The van der Waals surface area contributed by atoms with E-state index in [0.717, 1.165) is 6.07 Å². The van der Waals surface area contributed by atoms with E-state index in [-0.39, 0.29) is 11.5 Å². The maximum atomic E-state index is 13.5. The highest BCUT2D eigenvalue weighted by Gasteiger charge is 2.22. The molecule has 0 aromatic heterocycles. The highest BCUT2D eigenvalue weighted by molar-refractivity contribution is 5.51. The van der Waals surface area contributed by atoms with Crippen LogP contribution in [0.4, 0.5) is 10.1 Å². The zero-order valence-corrected chi connectivity index (χ0v) is 11.3. The van der Waals surface area contributed by atoms with Gasteiger partial charge >= 0.3 is 5.69 Å². The maximum absolute atomic E-state index is 13.5.